The van der Waals surface area contributed by atoms with Gasteiger partial charge in [-0.05, 0) is 37.1 Å². The number of rotatable bonds is 3. The fraction of sp³-hybridized carbons (Fsp3) is 0.867. The van der Waals surface area contributed by atoms with Crippen LogP contribution in [0.2, 0.25) is 0 Å². The Morgan fingerprint density at radius 2 is 2.10 bits per heavy atom. The number of hydrogen-bond donors (Lipinski definition) is 2. The van der Waals surface area contributed by atoms with E-state index in [1.54, 1.807) is 0 Å². The largest absolute Gasteiger partial charge is 0.480 e. The SMILES string of the molecule is CC(C)(C)CCOC(=O)N1[C@H](C(=O)O)C[C@@H]2CCNC[C@@H]21. The first-order valence-electron chi connectivity index (χ1n) is 7.68. The highest BCUT2D eigenvalue weighted by atomic mass is 16.6. The number of carboxylic acid groups (broad SMARTS) is 1. The van der Waals surface area contributed by atoms with E-state index >= 15 is 0 Å². The highest BCUT2D eigenvalue weighted by Crippen LogP contribution is 2.34. The number of amides is 1. The number of nitrogens with zero attached hydrogens (tertiary/aromatic N) is 1. The average molecular weight is 298 g/mol. The van der Waals surface area contributed by atoms with Gasteiger partial charge in [0.2, 0.25) is 0 Å². The number of carbonyl (C=O) groups excluding carboxylic acids is 1. The van der Waals surface area contributed by atoms with E-state index < -0.39 is 18.1 Å². The molecule has 0 aromatic carbocycles. The van der Waals surface area contributed by atoms with Gasteiger partial charge in [-0.1, -0.05) is 20.8 Å². The van der Waals surface area contributed by atoms with Gasteiger partial charge in [0, 0.05) is 6.54 Å². The second-order valence-electron chi connectivity index (χ2n) is 7.24. The molecule has 120 valence electrons. The van der Waals surface area contributed by atoms with E-state index in [1.165, 1.54) is 4.90 Å². The molecule has 6 heteroatoms. The monoisotopic (exact) mass is 298 g/mol. The third-order valence-corrected chi connectivity index (χ3v) is 4.38. The van der Waals surface area contributed by atoms with Crippen LogP contribution in [0, 0.1) is 11.3 Å². The number of piperidine rings is 1. The molecule has 1 amide bonds. The number of ether oxygens (including phenoxy) is 1. The van der Waals surface area contributed by atoms with Crippen molar-refractivity contribution in [2.24, 2.45) is 11.3 Å². The highest BCUT2D eigenvalue weighted by molar-refractivity contribution is 5.81. The Labute approximate surface area is 125 Å². The zero-order chi connectivity index (χ0) is 15.6. The molecule has 6 nitrogen and oxygen atoms in total. The topological polar surface area (TPSA) is 78.9 Å². The number of hydrogen-bond acceptors (Lipinski definition) is 4. The van der Waals surface area contributed by atoms with E-state index in [9.17, 15) is 14.7 Å². The first kappa shape index (κ1) is 16.1. The summed E-state index contributed by atoms with van der Waals surface area (Å²) in [6.45, 7) is 8.12. The molecule has 0 bridgehead atoms. The molecular formula is C15H26N2O4. The predicted molar refractivity (Wildman–Crippen MR) is 78.1 cm³/mol. The molecule has 2 aliphatic rings. The van der Waals surface area contributed by atoms with Gasteiger partial charge >= 0.3 is 12.1 Å². The Balaban J connectivity index is 2.00. The summed E-state index contributed by atoms with van der Waals surface area (Å²) < 4.78 is 5.33. The van der Waals surface area contributed by atoms with Gasteiger partial charge in [0.25, 0.3) is 0 Å². The van der Waals surface area contributed by atoms with Crippen molar-refractivity contribution in [1.82, 2.24) is 10.2 Å². The van der Waals surface area contributed by atoms with Crippen LogP contribution in [0.4, 0.5) is 4.79 Å². The van der Waals surface area contributed by atoms with E-state index in [2.05, 4.69) is 26.1 Å². The van der Waals surface area contributed by atoms with E-state index in [1.807, 2.05) is 0 Å². The van der Waals surface area contributed by atoms with Gasteiger partial charge in [-0.3, -0.25) is 4.90 Å². The van der Waals surface area contributed by atoms with Crippen LogP contribution in [-0.4, -0.2) is 53.8 Å². The number of likely N-dealkylation sites (tertiary alicyclic amines) is 1. The molecule has 0 radical (unpaired) electrons. The first-order valence-corrected chi connectivity index (χ1v) is 7.68. The zero-order valence-electron chi connectivity index (χ0n) is 13.1. The van der Waals surface area contributed by atoms with Crippen LogP contribution in [0.15, 0.2) is 0 Å². The third-order valence-electron chi connectivity index (χ3n) is 4.38. The number of fused-ring (bicyclic) bond motifs is 1. The minimum Gasteiger partial charge on any atom is -0.480 e. The van der Waals surface area contributed by atoms with Crippen molar-refractivity contribution in [3.05, 3.63) is 0 Å². The van der Waals surface area contributed by atoms with Gasteiger partial charge in [0.15, 0.2) is 0 Å². The lowest BCUT2D eigenvalue weighted by atomic mass is 9.92. The molecule has 0 spiro atoms. The van der Waals surface area contributed by atoms with Crippen LogP contribution < -0.4 is 5.32 Å². The third kappa shape index (κ3) is 3.87. The predicted octanol–water partition coefficient (Wildman–Crippen LogP) is 1.70. The summed E-state index contributed by atoms with van der Waals surface area (Å²) in [4.78, 5) is 25.2. The van der Waals surface area contributed by atoms with Gasteiger partial charge in [-0.2, -0.15) is 0 Å². The molecule has 2 saturated heterocycles. The quantitative estimate of drug-likeness (QED) is 0.829. The summed E-state index contributed by atoms with van der Waals surface area (Å²) >= 11 is 0. The number of carboxylic acids is 1. The summed E-state index contributed by atoms with van der Waals surface area (Å²) in [7, 11) is 0. The Kier molecular flexibility index (Phi) is 4.76. The van der Waals surface area contributed by atoms with Crippen LogP contribution in [0.1, 0.15) is 40.0 Å². The molecule has 2 heterocycles. The highest BCUT2D eigenvalue weighted by Gasteiger charge is 2.48. The lowest BCUT2D eigenvalue weighted by Gasteiger charge is -2.32. The standard InChI is InChI=1S/C15H26N2O4/c1-15(2,3)5-7-21-14(20)17-11(13(18)19)8-10-4-6-16-9-12(10)17/h10-12,16H,4-9H2,1-3H3,(H,18,19)/t10-,11-,12-/m0/s1. The second kappa shape index (κ2) is 6.22. The summed E-state index contributed by atoms with van der Waals surface area (Å²) in [6.07, 6.45) is 1.73. The molecular weight excluding hydrogens is 272 g/mol. The molecule has 0 saturated carbocycles. The van der Waals surface area contributed by atoms with Crippen molar-refractivity contribution in [2.45, 2.75) is 52.1 Å². The maximum absolute atomic E-state index is 12.3. The smallest absolute Gasteiger partial charge is 0.410 e. The van der Waals surface area contributed by atoms with E-state index in [-0.39, 0.29) is 17.4 Å². The maximum Gasteiger partial charge on any atom is 0.410 e. The zero-order valence-corrected chi connectivity index (χ0v) is 13.1. The maximum atomic E-state index is 12.3. The Morgan fingerprint density at radius 1 is 1.38 bits per heavy atom. The molecule has 3 atom stereocenters. The van der Waals surface area contributed by atoms with Crippen LogP contribution in [0.5, 0.6) is 0 Å². The normalized spacial score (nSPS) is 29.1. The van der Waals surface area contributed by atoms with Crippen molar-refractivity contribution in [1.29, 1.82) is 0 Å². The average Bonchev–Trinajstić information content (AvgIpc) is 2.76. The van der Waals surface area contributed by atoms with Gasteiger partial charge in [-0.15, -0.1) is 0 Å². The summed E-state index contributed by atoms with van der Waals surface area (Å²) in [6, 6.07) is -0.802. The summed E-state index contributed by atoms with van der Waals surface area (Å²) in [5.41, 5.74) is 0.0897. The van der Waals surface area contributed by atoms with Gasteiger partial charge in [0.1, 0.15) is 6.04 Å². The molecule has 0 aromatic heterocycles. The minimum atomic E-state index is -0.933. The molecule has 0 aliphatic carbocycles. The van der Waals surface area contributed by atoms with Crippen molar-refractivity contribution in [3.8, 4) is 0 Å². The Bertz CT molecular complexity index is 405. The molecule has 2 rings (SSSR count). The molecule has 2 fully saturated rings. The molecule has 2 aliphatic heterocycles. The van der Waals surface area contributed by atoms with Gasteiger partial charge in [0.05, 0.1) is 12.6 Å². The molecule has 0 unspecified atom stereocenters. The van der Waals surface area contributed by atoms with Gasteiger partial charge < -0.3 is 15.2 Å². The van der Waals surface area contributed by atoms with E-state index in [4.69, 9.17) is 4.74 Å². The van der Waals surface area contributed by atoms with Crippen molar-refractivity contribution in [2.75, 3.05) is 19.7 Å². The van der Waals surface area contributed by atoms with E-state index in [0.717, 1.165) is 19.4 Å². The molecule has 0 aromatic rings. The fourth-order valence-electron chi connectivity index (χ4n) is 3.13. The van der Waals surface area contributed by atoms with Gasteiger partial charge in [-0.25, -0.2) is 9.59 Å². The van der Waals surface area contributed by atoms with Crippen molar-refractivity contribution < 1.29 is 19.4 Å². The van der Waals surface area contributed by atoms with Crippen molar-refractivity contribution >= 4 is 12.1 Å². The van der Waals surface area contributed by atoms with Crippen LogP contribution in [0.25, 0.3) is 0 Å². The van der Waals surface area contributed by atoms with Crippen molar-refractivity contribution in [3.63, 3.8) is 0 Å². The summed E-state index contributed by atoms with van der Waals surface area (Å²) in [5, 5.41) is 12.6. The van der Waals surface area contributed by atoms with Crippen LogP contribution in [0.3, 0.4) is 0 Å². The van der Waals surface area contributed by atoms with E-state index in [0.29, 0.717) is 19.6 Å². The molecule has 2 N–H and O–H groups in total. The number of carbonyl (C=O) groups is 2. The van der Waals surface area contributed by atoms with Crippen LogP contribution >= 0.6 is 0 Å². The lowest BCUT2D eigenvalue weighted by molar-refractivity contribution is -0.142. The summed E-state index contributed by atoms with van der Waals surface area (Å²) in [5.74, 6) is -0.667. The Morgan fingerprint density at radius 3 is 2.71 bits per heavy atom. The second-order valence-corrected chi connectivity index (χ2v) is 7.24. The fourth-order valence-corrected chi connectivity index (χ4v) is 3.13. The number of aliphatic carboxylic acids is 1. The number of nitrogens with one attached hydrogen (secondary N) is 1. The minimum absolute atomic E-state index is 0.0537. The lowest BCUT2D eigenvalue weighted by Crippen LogP contribution is -2.51. The first-order chi connectivity index (χ1) is 9.79. The Hall–Kier alpha value is -1.30. The molecule has 21 heavy (non-hydrogen) atoms. The van der Waals surface area contributed by atoms with Crippen LogP contribution in [-0.2, 0) is 9.53 Å².